The van der Waals surface area contributed by atoms with E-state index >= 15 is 0 Å². The SMILES string of the molecule is CCCCCCCCCCCCCCCCC(=O)OC[C@H](COP(=O)(O)OC[C@@H](O)COP(=O)(O)OC[C@@H](COC(=O)CCCCCCCCCCCCCC)OC(=O)CCCCCCCCCCC(C)CC)OC(=O)CCCCCCCCCCCCC(C)CC. The minimum Gasteiger partial charge on any atom is -0.462 e. The van der Waals surface area contributed by atoms with Crippen LogP contribution in [0.5, 0.6) is 0 Å². The van der Waals surface area contributed by atoms with Crippen LogP contribution in [0.4, 0.5) is 0 Å². The van der Waals surface area contributed by atoms with Crippen LogP contribution in [0.1, 0.15) is 375 Å². The monoisotopic (exact) mass is 1350 g/mol. The van der Waals surface area contributed by atoms with Crippen molar-refractivity contribution in [1.29, 1.82) is 0 Å². The first kappa shape index (κ1) is 90.1. The predicted octanol–water partition coefficient (Wildman–Crippen LogP) is 21.2. The van der Waals surface area contributed by atoms with Gasteiger partial charge in [-0.2, -0.15) is 0 Å². The van der Waals surface area contributed by atoms with Crippen molar-refractivity contribution in [2.45, 2.75) is 394 Å². The van der Waals surface area contributed by atoms with E-state index < -0.39 is 97.5 Å². The number of esters is 4. The number of ether oxygens (including phenoxy) is 4. The van der Waals surface area contributed by atoms with Gasteiger partial charge in [0.1, 0.15) is 19.3 Å². The minimum atomic E-state index is -4.95. The molecule has 0 aromatic carbocycles. The first-order valence-electron chi connectivity index (χ1n) is 38.1. The topological polar surface area (TPSA) is 237 Å². The Bertz CT molecular complexity index is 1790. The molecule has 0 aliphatic carbocycles. The quantitative estimate of drug-likeness (QED) is 0.0222. The summed E-state index contributed by atoms with van der Waals surface area (Å²) in [5.41, 5.74) is 0. The van der Waals surface area contributed by atoms with Crippen molar-refractivity contribution in [2.75, 3.05) is 39.6 Å². The normalized spacial score (nSPS) is 14.7. The Labute approximate surface area is 562 Å². The summed E-state index contributed by atoms with van der Waals surface area (Å²) in [5.74, 6) is -0.546. The highest BCUT2D eigenvalue weighted by atomic mass is 31.2. The maximum atomic E-state index is 13.1. The van der Waals surface area contributed by atoms with E-state index in [-0.39, 0.29) is 25.7 Å². The van der Waals surface area contributed by atoms with Gasteiger partial charge >= 0.3 is 39.5 Å². The van der Waals surface area contributed by atoms with E-state index in [0.29, 0.717) is 25.7 Å². The van der Waals surface area contributed by atoms with E-state index in [2.05, 4.69) is 41.5 Å². The lowest BCUT2D eigenvalue weighted by molar-refractivity contribution is -0.161. The Morgan fingerprint density at radius 2 is 0.522 bits per heavy atom. The molecule has 0 aliphatic rings. The van der Waals surface area contributed by atoms with Gasteiger partial charge < -0.3 is 33.8 Å². The lowest BCUT2D eigenvalue weighted by atomic mass is 9.99. The number of hydrogen-bond donors (Lipinski definition) is 3. The van der Waals surface area contributed by atoms with E-state index in [1.165, 1.54) is 193 Å². The fourth-order valence-electron chi connectivity index (χ4n) is 11.1. The van der Waals surface area contributed by atoms with E-state index in [1.807, 2.05) is 0 Å². The molecule has 4 unspecified atom stereocenters. The number of phosphoric acid groups is 2. The van der Waals surface area contributed by atoms with Crippen molar-refractivity contribution in [3.05, 3.63) is 0 Å². The van der Waals surface area contributed by atoms with Crippen molar-refractivity contribution >= 4 is 39.5 Å². The second-order valence-corrected chi connectivity index (χ2v) is 29.7. The van der Waals surface area contributed by atoms with E-state index in [4.69, 9.17) is 37.0 Å². The third-order valence-electron chi connectivity index (χ3n) is 17.7. The van der Waals surface area contributed by atoms with Gasteiger partial charge in [0.05, 0.1) is 26.4 Å². The molecule has 0 heterocycles. The second-order valence-electron chi connectivity index (χ2n) is 26.8. The molecule has 17 nitrogen and oxygen atoms in total. The van der Waals surface area contributed by atoms with Crippen LogP contribution in [-0.4, -0.2) is 96.7 Å². The fourth-order valence-corrected chi connectivity index (χ4v) is 12.6. The maximum Gasteiger partial charge on any atom is 0.472 e. The molecule has 0 rings (SSSR count). The third kappa shape index (κ3) is 64.1. The number of hydrogen-bond acceptors (Lipinski definition) is 15. The highest BCUT2D eigenvalue weighted by molar-refractivity contribution is 7.47. The summed E-state index contributed by atoms with van der Waals surface area (Å²) < 4.78 is 68.4. The summed E-state index contributed by atoms with van der Waals surface area (Å²) in [7, 11) is -9.91. The molecule has 0 fully saturated rings. The minimum absolute atomic E-state index is 0.105. The van der Waals surface area contributed by atoms with Gasteiger partial charge in [0.15, 0.2) is 12.2 Å². The molecule has 0 saturated heterocycles. The number of carbonyl (C=O) groups excluding carboxylic acids is 4. The van der Waals surface area contributed by atoms with Crippen LogP contribution in [0.25, 0.3) is 0 Å². The van der Waals surface area contributed by atoms with Crippen LogP contribution in [0.2, 0.25) is 0 Å². The van der Waals surface area contributed by atoms with Crippen molar-refractivity contribution in [3.8, 4) is 0 Å². The third-order valence-corrected chi connectivity index (χ3v) is 19.6. The molecule has 0 bridgehead atoms. The molecule has 0 aliphatic heterocycles. The fraction of sp³-hybridized carbons (Fsp3) is 0.945. The van der Waals surface area contributed by atoms with Crippen LogP contribution in [0.15, 0.2) is 0 Å². The van der Waals surface area contributed by atoms with Crippen molar-refractivity contribution in [3.63, 3.8) is 0 Å². The summed E-state index contributed by atoms with van der Waals surface area (Å²) in [5, 5.41) is 10.6. The molecule has 92 heavy (non-hydrogen) atoms. The number of carbonyl (C=O) groups is 4. The average Bonchev–Trinajstić information content (AvgIpc) is 2.46. The van der Waals surface area contributed by atoms with Crippen LogP contribution < -0.4 is 0 Å². The van der Waals surface area contributed by atoms with Gasteiger partial charge in [-0.1, -0.05) is 324 Å². The van der Waals surface area contributed by atoms with Gasteiger partial charge in [0, 0.05) is 25.7 Å². The van der Waals surface area contributed by atoms with Gasteiger partial charge in [-0.25, -0.2) is 9.13 Å². The van der Waals surface area contributed by atoms with Crippen LogP contribution in [-0.2, 0) is 65.4 Å². The van der Waals surface area contributed by atoms with Gasteiger partial charge in [-0.3, -0.25) is 37.3 Å². The highest BCUT2D eigenvalue weighted by Crippen LogP contribution is 2.45. The summed E-state index contributed by atoms with van der Waals surface area (Å²) in [6, 6.07) is 0. The molecule has 546 valence electrons. The van der Waals surface area contributed by atoms with Crippen molar-refractivity contribution in [1.82, 2.24) is 0 Å². The Morgan fingerprint density at radius 1 is 0.304 bits per heavy atom. The van der Waals surface area contributed by atoms with Crippen molar-refractivity contribution in [2.24, 2.45) is 11.8 Å². The lowest BCUT2D eigenvalue weighted by Gasteiger charge is -2.21. The van der Waals surface area contributed by atoms with Crippen LogP contribution in [0.3, 0.4) is 0 Å². The molecule has 0 aromatic heterocycles. The molecule has 19 heteroatoms. The zero-order chi connectivity index (χ0) is 67.9. The Morgan fingerprint density at radius 3 is 0.772 bits per heavy atom. The van der Waals surface area contributed by atoms with E-state index in [9.17, 15) is 43.2 Å². The zero-order valence-corrected chi connectivity index (χ0v) is 61.6. The Hall–Kier alpha value is -1.94. The summed E-state index contributed by atoms with van der Waals surface area (Å²) in [6.45, 7) is 9.60. The highest BCUT2D eigenvalue weighted by Gasteiger charge is 2.30. The smallest absolute Gasteiger partial charge is 0.462 e. The van der Waals surface area contributed by atoms with E-state index in [1.54, 1.807) is 0 Å². The van der Waals surface area contributed by atoms with Gasteiger partial charge in [0.25, 0.3) is 0 Å². The molecule has 7 atom stereocenters. The average molecular weight is 1350 g/mol. The number of aliphatic hydroxyl groups excluding tert-OH is 1. The molecule has 0 radical (unpaired) electrons. The molecule has 0 saturated carbocycles. The number of aliphatic hydroxyl groups is 1. The molecule has 0 amide bonds. The van der Waals surface area contributed by atoms with Gasteiger partial charge in [-0.05, 0) is 37.5 Å². The van der Waals surface area contributed by atoms with Gasteiger partial charge in [0.2, 0.25) is 0 Å². The summed E-state index contributed by atoms with van der Waals surface area (Å²) >= 11 is 0. The van der Waals surface area contributed by atoms with Crippen LogP contribution in [0, 0.1) is 11.8 Å². The van der Waals surface area contributed by atoms with E-state index in [0.717, 1.165) is 102 Å². The van der Waals surface area contributed by atoms with Crippen molar-refractivity contribution < 1.29 is 80.2 Å². The molecular weight excluding hydrogens is 1210 g/mol. The first-order chi connectivity index (χ1) is 44.4. The molecular formula is C73H142O17P2. The number of rotatable bonds is 72. The maximum absolute atomic E-state index is 13.1. The molecule has 0 aromatic rings. The van der Waals surface area contributed by atoms with Gasteiger partial charge in [-0.15, -0.1) is 0 Å². The lowest BCUT2D eigenvalue weighted by Crippen LogP contribution is -2.30. The first-order valence-corrected chi connectivity index (χ1v) is 41.1. The standard InChI is InChI=1S/C73H142O17P2/c1-7-11-13-15-17-19-21-23-24-26-31-38-44-50-56-71(76)83-61-68(89-72(77)57-51-45-39-32-28-27-29-35-41-47-53-65(5)9-3)63-87-91(79,80)85-59-67(74)60-86-92(81,82)88-64-69(90-73(78)58-52-46-40-34-33-36-42-48-54-66(6)10-4)62-84-70(75)55-49-43-37-30-25-22-20-18-16-14-12-8-2/h65-69,74H,7-64H2,1-6H3,(H,79,80)(H,81,82)/t65?,66?,67-,68-,69-/m1/s1. The second kappa shape index (κ2) is 65.0. The van der Waals surface area contributed by atoms with Crippen LogP contribution >= 0.6 is 15.6 Å². The largest absolute Gasteiger partial charge is 0.472 e. The molecule has 0 spiro atoms. The number of phosphoric ester groups is 2. The zero-order valence-electron chi connectivity index (χ0n) is 59.9. The molecule has 3 N–H and O–H groups in total. The number of unbranched alkanes of at least 4 members (excludes halogenated alkanes) is 40. The summed E-state index contributed by atoms with van der Waals surface area (Å²) in [4.78, 5) is 72.7. The summed E-state index contributed by atoms with van der Waals surface area (Å²) in [6.07, 6.45) is 51.0. The Kier molecular flexibility index (Phi) is 63.7. The predicted molar refractivity (Wildman–Crippen MR) is 372 cm³/mol. The Balaban J connectivity index is 5.27.